The highest BCUT2D eigenvalue weighted by Gasteiger charge is 1.77. The fourth-order valence-electron chi connectivity index (χ4n) is 0.425. The van der Waals surface area contributed by atoms with E-state index in [0.29, 0.717) is 0 Å². The van der Waals surface area contributed by atoms with Gasteiger partial charge in [-0.25, -0.2) is 0 Å². The molecule has 0 aliphatic rings. The summed E-state index contributed by atoms with van der Waals surface area (Å²) in [5, 5.41) is 0. The quantitative estimate of drug-likeness (QED) is 0.513. The lowest BCUT2D eigenvalue weighted by atomic mass is 10.2. The lowest BCUT2D eigenvalue weighted by molar-refractivity contribution is 1.10. The molecule has 0 aliphatic heterocycles. The smallest absolute Gasteiger partial charge is 0.0479 e. The van der Waals surface area contributed by atoms with E-state index in [1.165, 1.54) is 5.57 Å². The molecule has 1 heteroatoms. The van der Waals surface area contributed by atoms with Gasteiger partial charge < -0.3 is 5.73 Å². The minimum absolute atomic E-state index is 0.768. The number of allylic oxidation sites excluding steroid dienone is 1. The zero-order valence-electron chi connectivity index (χ0n) is 5.78. The lowest BCUT2D eigenvalue weighted by Gasteiger charge is -1.86. The Hall–Kier alpha value is -0.680. The first-order valence-electron chi connectivity index (χ1n) is 2.85. The third kappa shape index (κ3) is 3.51. The molecule has 2 N–H and O–H groups in total. The van der Waals surface area contributed by atoms with Crippen molar-refractivity contribution >= 4 is 0 Å². The van der Waals surface area contributed by atoms with Crippen molar-refractivity contribution in [2.45, 2.75) is 27.2 Å². The molecule has 0 amide bonds. The second-order valence-corrected chi connectivity index (χ2v) is 1.94. The largest absolute Gasteiger partial charge is 0.396 e. The number of rotatable bonds is 1. The number of nitrogens with two attached hydrogens (primary N) is 1. The molecule has 0 saturated carbocycles. The van der Waals surface area contributed by atoms with Crippen molar-refractivity contribution in [2.75, 3.05) is 0 Å². The predicted octanol–water partition coefficient (Wildman–Crippen LogP) is 1.80. The first-order chi connectivity index (χ1) is 3.66. The molecular weight excluding hydrogens is 98.1 g/mol. The first-order valence-corrected chi connectivity index (χ1v) is 2.85. The van der Waals surface area contributed by atoms with Gasteiger partial charge in [-0.3, -0.25) is 0 Å². The van der Waals surface area contributed by atoms with Crippen molar-refractivity contribution in [1.82, 2.24) is 0 Å². The van der Waals surface area contributed by atoms with Gasteiger partial charge in [0, 0.05) is 5.70 Å². The Balaban J connectivity index is 4.13. The van der Waals surface area contributed by atoms with Crippen LogP contribution in [0.3, 0.4) is 0 Å². The Labute approximate surface area is 50.9 Å². The summed E-state index contributed by atoms with van der Waals surface area (Å²) >= 11 is 0. The molecule has 0 unspecified atom stereocenters. The Morgan fingerprint density at radius 3 is 2.12 bits per heavy atom. The van der Waals surface area contributed by atoms with Crippen molar-refractivity contribution in [3.8, 4) is 0 Å². The predicted molar refractivity (Wildman–Crippen MR) is 36.4 cm³/mol. The Bertz CT molecular complexity index is 123. The van der Waals surface area contributed by atoms with Crippen LogP contribution in [0.2, 0.25) is 0 Å². The maximum atomic E-state index is 5.35. The Morgan fingerprint density at radius 1 is 1.50 bits per heavy atom. The summed E-state index contributed by atoms with van der Waals surface area (Å²) in [4.78, 5) is 0. The second kappa shape index (κ2) is 3.34. The zero-order valence-corrected chi connectivity index (χ0v) is 5.78. The van der Waals surface area contributed by atoms with E-state index in [4.69, 9.17) is 5.73 Å². The van der Waals surface area contributed by atoms with Gasteiger partial charge in [-0.05, 0) is 25.8 Å². The Kier molecular flexibility index (Phi) is 3.05. The first kappa shape index (κ1) is 7.32. The lowest BCUT2D eigenvalue weighted by Crippen LogP contribution is -1.87. The zero-order chi connectivity index (χ0) is 6.57. The highest BCUT2D eigenvalue weighted by atomic mass is 14.5. The minimum Gasteiger partial charge on any atom is -0.396 e. The van der Waals surface area contributed by atoms with Crippen molar-refractivity contribution < 1.29 is 0 Å². The molecule has 1 nitrogen and oxygen atoms in total. The second-order valence-electron chi connectivity index (χ2n) is 1.94. The van der Waals surface area contributed by atoms with Crippen molar-refractivity contribution in [3.63, 3.8) is 0 Å². The topological polar surface area (TPSA) is 26.0 Å². The molecule has 0 spiro atoms. The highest BCUT2D eigenvalue weighted by molar-refractivity contribution is 5.01. The fraction of sp³-hybridized carbons (Fsp3) is 0.571. The molecule has 0 radical (unpaired) electrons. The van der Waals surface area contributed by atoms with E-state index in [9.17, 15) is 0 Å². The van der Waals surface area contributed by atoms with E-state index in [1.54, 1.807) is 0 Å². The van der Waals surface area contributed by atoms with Gasteiger partial charge in [-0.15, -0.1) is 5.73 Å². The van der Waals surface area contributed by atoms with Crippen LogP contribution in [-0.2, 0) is 0 Å². The third-order valence-electron chi connectivity index (χ3n) is 0.941. The number of hydrogen-bond donors (Lipinski definition) is 1. The fourth-order valence-corrected chi connectivity index (χ4v) is 0.425. The molecule has 0 atom stereocenters. The van der Waals surface area contributed by atoms with Crippen LogP contribution < -0.4 is 5.73 Å². The van der Waals surface area contributed by atoms with E-state index in [-0.39, 0.29) is 0 Å². The minimum atomic E-state index is 0.768. The molecule has 0 aromatic rings. The van der Waals surface area contributed by atoms with Crippen LogP contribution in [-0.4, -0.2) is 0 Å². The maximum absolute atomic E-state index is 5.35. The molecule has 0 aromatic carbocycles. The normalized spacial score (nSPS) is 7.88. The summed E-state index contributed by atoms with van der Waals surface area (Å²) in [6.07, 6.45) is 1.04. The molecule has 0 rings (SSSR count). The summed E-state index contributed by atoms with van der Waals surface area (Å²) in [6.45, 7) is 5.96. The van der Waals surface area contributed by atoms with Crippen LogP contribution in [0.25, 0.3) is 0 Å². The SMILES string of the molecule is CCC(C)=C=C(C)N. The van der Waals surface area contributed by atoms with E-state index in [1.807, 2.05) is 13.8 Å². The molecule has 0 heterocycles. The molecule has 0 fully saturated rings. The summed E-state index contributed by atoms with van der Waals surface area (Å²) in [6, 6.07) is 0. The van der Waals surface area contributed by atoms with Crippen molar-refractivity contribution in [3.05, 3.63) is 17.0 Å². The summed E-state index contributed by atoms with van der Waals surface area (Å²) in [7, 11) is 0. The van der Waals surface area contributed by atoms with E-state index in [2.05, 4.69) is 12.7 Å². The highest BCUT2D eigenvalue weighted by Crippen LogP contribution is 1.94. The monoisotopic (exact) mass is 111 g/mol. The summed E-state index contributed by atoms with van der Waals surface area (Å²) in [5.41, 5.74) is 10.3. The van der Waals surface area contributed by atoms with Gasteiger partial charge in [-0.2, -0.15) is 0 Å². The van der Waals surface area contributed by atoms with Gasteiger partial charge in [0.05, 0.1) is 0 Å². The molecule has 0 saturated heterocycles. The van der Waals surface area contributed by atoms with Gasteiger partial charge in [-0.1, -0.05) is 6.92 Å². The van der Waals surface area contributed by atoms with Gasteiger partial charge in [0.25, 0.3) is 0 Å². The van der Waals surface area contributed by atoms with Gasteiger partial charge >= 0.3 is 0 Å². The average molecular weight is 111 g/mol. The van der Waals surface area contributed by atoms with Crippen LogP contribution in [0.5, 0.6) is 0 Å². The van der Waals surface area contributed by atoms with Crippen LogP contribution >= 0.6 is 0 Å². The van der Waals surface area contributed by atoms with Crippen LogP contribution in [0.1, 0.15) is 27.2 Å². The molecule has 0 aliphatic carbocycles. The standard InChI is InChI=1S/C7H13N/c1-4-6(2)5-7(3)8/h4,8H2,1-3H3. The van der Waals surface area contributed by atoms with E-state index < -0.39 is 0 Å². The Morgan fingerprint density at radius 2 is 2.00 bits per heavy atom. The maximum Gasteiger partial charge on any atom is 0.0479 e. The summed E-state index contributed by atoms with van der Waals surface area (Å²) in [5.74, 6) is 0. The molecule has 46 valence electrons. The third-order valence-corrected chi connectivity index (χ3v) is 0.941. The van der Waals surface area contributed by atoms with Gasteiger partial charge in [0.15, 0.2) is 0 Å². The van der Waals surface area contributed by atoms with Gasteiger partial charge in [0.2, 0.25) is 0 Å². The average Bonchev–Trinajstić information content (AvgIpc) is 1.65. The molecule has 0 aromatic heterocycles. The van der Waals surface area contributed by atoms with Crippen LogP contribution in [0.15, 0.2) is 17.0 Å². The number of hydrogen-bond acceptors (Lipinski definition) is 1. The van der Waals surface area contributed by atoms with Crippen molar-refractivity contribution in [2.24, 2.45) is 5.73 Å². The van der Waals surface area contributed by atoms with Crippen LogP contribution in [0, 0.1) is 0 Å². The van der Waals surface area contributed by atoms with E-state index in [0.717, 1.165) is 12.1 Å². The van der Waals surface area contributed by atoms with Crippen LogP contribution in [0.4, 0.5) is 0 Å². The van der Waals surface area contributed by atoms with Crippen molar-refractivity contribution in [1.29, 1.82) is 0 Å². The summed E-state index contributed by atoms with van der Waals surface area (Å²) < 4.78 is 0. The van der Waals surface area contributed by atoms with Gasteiger partial charge in [0.1, 0.15) is 0 Å². The molecule has 0 bridgehead atoms. The van der Waals surface area contributed by atoms with E-state index >= 15 is 0 Å². The molecular formula is C7H13N. The molecule has 8 heavy (non-hydrogen) atoms.